The van der Waals surface area contributed by atoms with E-state index in [0.29, 0.717) is 35.1 Å². The lowest BCUT2D eigenvalue weighted by Crippen LogP contribution is -2.39. The van der Waals surface area contributed by atoms with Gasteiger partial charge in [0.25, 0.3) is 0 Å². The highest BCUT2D eigenvalue weighted by Crippen LogP contribution is 2.14. The van der Waals surface area contributed by atoms with Crippen LogP contribution in [0.15, 0.2) is 53.5 Å². The van der Waals surface area contributed by atoms with Crippen molar-refractivity contribution in [2.24, 2.45) is 4.99 Å². The molecule has 0 aliphatic carbocycles. The zero-order valence-electron chi connectivity index (χ0n) is 16.9. The van der Waals surface area contributed by atoms with Crippen molar-refractivity contribution in [2.45, 2.75) is 18.1 Å². The highest BCUT2D eigenvalue weighted by molar-refractivity contribution is 14.0. The summed E-state index contributed by atoms with van der Waals surface area (Å²) in [5.74, 6) is 0.825. The van der Waals surface area contributed by atoms with Gasteiger partial charge in [-0.25, -0.2) is 12.8 Å². The molecule has 0 saturated carbocycles. The second kappa shape index (κ2) is 13.0. The molecule has 0 bridgehead atoms. The molecule has 6 nitrogen and oxygen atoms in total. The predicted octanol–water partition coefficient (Wildman–Crippen LogP) is 2.60. The van der Waals surface area contributed by atoms with E-state index in [9.17, 15) is 17.0 Å². The predicted molar refractivity (Wildman–Crippen MR) is 132 cm³/mol. The molecular weight excluding hydrogens is 540 g/mol. The van der Waals surface area contributed by atoms with Gasteiger partial charge >= 0.3 is 0 Å². The monoisotopic (exact) mass is 567 g/mol. The molecule has 1 unspecified atom stereocenters. The molecule has 0 amide bonds. The van der Waals surface area contributed by atoms with Gasteiger partial charge in [-0.15, -0.1) is 24.0 Å². The van der Waals surface area contributed by atoms with Gasteiger partial charge in [0.15, 0.2) is 15.8 Å². The SMILES string of the molecule is CN=C(NCCS(=O)Cc1ccccc1)NCc1cc(F)ccc1CS(C)(=O)=O.I. The van der Waals surface area contributed by atoms with Crippen LogP contribution in [0.4, 0.5) is 4.39 Å². The Morgan fingerprint density at radius 3 is 2.43 bits per heavy atom. The fourth-order valence-electron chi connectivity index (χ4n) is 2.70. The molecule has 10 heteroatoms. The first-order chi connectivity index (χ1) is 13.8. The molecule has 1 atom stereocenters. The van der Waals surface area contributed by atoms with Gasteiger partial charge in [0, 0.05) is 48.7 Å². The minimum atomic E-state index is -3.24. The molecule has 0 aliphatic heterocycles. The van der Waals surface area contributed by atoms with Gasteiger partial charge < -0.3 is 10.6 Å². The standard InChI is InChI=1S/C20H26FN3O3S2.HI/c1-22-20(23-10-11-28(25)14-16-6-4-3-5-7-16)24-13-18-12-19(21)9-8-17(18)15-29(2,26)27;/h3-9,12H,10-11,13-15H2,1-2H3,(H2,22,23,24);1H. The highest BCUT2D eigenvalue weighted by atomic mass is 127. The zero-order chi connectivity index (χ0) is 21.3. The molecule has 0 fully saturated rings. The minimum absolute atomic E-state index is 0. The Morgan fingerprint density at radius 1 is 1.10 bits per heavy atom. The van der Waals surface area contributed by atoms with Crippen LogP contribution in [-0.2, 0) is 38.7 Å². The second-order valence-corrected chi connectivity index (χ2v) is 10.3. The average Bonchev–Trinajstić information content (AvgIpc) is 2.66. The molecule has 0 heterocycles. The van der Waals surface area contributed by atoms with E-state index in [1.165, 1.54) is 18.2 Å². The van der Waals surface area contributed by atoms with E-state index in [-0.39, 0.29) is 36.3 Å². The van der Waals surface area contributed by atoms with Crippen LogP contribution >= 0.6 is 24.0 Å². The number of benzene rings is 2. The van der Waals surface area contributed by atoms with Crippen LogP contribution in [0.5, 0.6) is 0 Å². The summed E-state index contributed by atoms with van der Waals surface area (Å²) in [6.45, 7) is 0.674. The maximum absolute atomic E-state index is 13.6. The van der Waals surface area contributed by atoms with Gasteiger partial charge in [0.1, 0.15) is 5.82 Å². The normalized spacial score (nSPS) is 12.7. The molecule has 0 saturated heterocycles. The van der Waals surface area contributed by atoms with Crippen molar-refractivity contribution < 1.29 is 17.0 Å². The largest absolute Gasteiger partial charge is 0.355 e. The Hall–Kier alpha value is -1.53. The quantitative estimate of drug-likeness (QED) is 0.277. The Morgan fingerprint density at radius 2 is 1.80 bits per heavy atom. The summed E-state index contributed by atoms with van der Waals surface area (Å²) in [7, 11) is -2.65. The summed E-state index contributed by atoms with van der Waals surface area (Å²) < 4.78 is 49.0. The fourth-order valence-corrected chi connectivity index (χ4v) is 4.58. The van der Waals surface area contributed by atoms with Gasteiger partial charge in [-0.1, -0.05) is 36.4 Å². The number of aliphatic imine (C=N–C) groups is 1. The molecule has 2 aromatic rings. The number of sulfone groups is 1. The van der Waals surface area contributed by atoms with Gasteiger partial charge in [-0.3, -0.25) is 9.20 Å². The summed E-state index contributed by atoms with van der Waals surface area (Å²) in [6, 6.07) is 13.7. The molecular formula is C20H27FIN3O3S2. The van der Waals surface area contributed by atoms with Gasteiger partial charge in [0.2, 0.25) is 0 Å². The topological polar surface area (TPSA) is 87.6 Å². The number of halogens is 2. The van der Waals surface area contributed by atoms with E-state index < -0.39 is 26.5 Å². The van der Waals surface area contributed by atoms with E-state index in [0.717, 1.165) is 11.8 Å². The molecule has 0 aromatic heterocycles. The van der Waals surface area contributed by atoms with Crippen LogP contribution in [0.1, 0.15) is 16.7 Å². The van der Waals surface area contributed by atoms with Crippen molar-refractivity contribution in [1.82, 2.24) is 10.6 Å². The first kappa shape index (κ1) is 26.5. The van der Waals surface area contributed by atoms with Crippen LogP contribution in [0, 0.1) is 5.82 Å². The van der Waals surface area contributed by atoms with E-state index >= 15 is 0 Å². The summed E-state index contributed by atoms with van der Waals surface area (Å²) in [5.41, 5.74) is 2.12. The molecule has 2 rings (SSSR count). The first-order valence-corrected chi connectivity index (χ1v) is 12.6. The van der Waals surface area contributed by atoms with Crippen LogP contribution in [0.3, 0.4) is 0 Å². The molecule has 2 aromatic carbocycles. The van der Waals surface area contributed by atoms with Crippen molar-refractivity contribution in [2.75, 3.05) is 25.6 Å². The van der Waals surface area contributed by atoms with Gasteiger partial charge in [-0.05, 0) is 28.8 Å². The smallest absolute Gasteiger partial charge is 0.191 e. The van der Waals surface area contributed by atoms with E-state index in [1.807, 2.05) is 30.3 Å². The number of hydrogen-bond donors (Lipinski definition) is 2. The minimum Gasteiger partial charge on any atom is -0.355 e. The summed E-state index contributed by atoms with van der Waals surface area (Å²) in [6.07, 6.45) is 1.14. The van der Waals surface area contributed by atoms with Crippen molar-refractivity contribution in [1.29, 1.82) is 0 Å². The molecule has 0 radical (unpaired) electrons. The summed E-state index contributed by atoms with van der Waals surface area (Å²) in [4.78, 5) is 4.09. The zero-order valence-corrected chi connectivity index (χ0v) is 20.9. The Balaban J connectivity index is 0.00000450. The van der Waals surface area contributed by atoms with Crippen LogP contribution in [0.25, 0.3) is 0 Å². The summed E-state index contributed by atoms with van der Waals surface area (Å²) >= 11 is 0. The second-order valence-electron chi connectivity index (χ2n) is 6.61. The van der Waals surface area contributed by atoms with Crippen molar-refractivity contribution in [3.05, 3.63) is 71.0 Å². The molecule has 166 valence electrons. The maximum atomic E-state index is 13.6. The molecule has 30 heavy (non-hydrogen) atoms. The number of guanidine groups is 1. The number of hydrogen-bond acceptors (Lipinski definition) is 4. The third-order valence-electron chi connectivity index (χ3n) is 4.05. The van der Waals surface area contributed by atoms with Crippen LogP contribution in [0.2, 0.25) is 0 Å². The fraction of sp³-hybridized carbons (Fsp3) is 0.350. The number of rotatable bonds is 9. The maximum Gasteiger partial charge on any atom is 0.191 e. The van der Waals surface area contributed by atoms with E-state index in [4.69, 9.17) is 0 Å². The van der Waals surface area contributed by atoms with Crippen LogP contribution in [-0.4, -0.2) is 44.2 Å². The Labute approximate surface area is 197 Å². The third kappa shape index (κ3) is 9.98. The number of nitrogens with one attached hydrogen (secondary N) is 2. The lowest BCUT2D eigenvalue weighted by Gasteiger charge is -2.14. The Bertz CT molecular complexity index is 971. The number of nitrogens with zero attached hydrogens (tertiary/aromatic N) is 1. The average molecular weight is 567 g/mol. The van der Waals surface area contributed by atoms with Crippen molar-refractivity contribution in [3.63, 3.8) is 0 Å². The first-order valence-electron chi connectivity index (χ1n) is 9.05. The molecule has 0 spiro atoms. The molecule has 0 aliphatic rings. The van der Waals surface area contributed by atoms with Gasteiger partial charge in [0.05, 0.1) is 5.75 Å². The molecule has 2 N–H and O–H groups in total. The van der Waals surface area contributed by atoms with Crippen molar-refractivity contribution in [3.8, 4) is 0 Å². The van der Waals surface area contributed by atoms with E-state index in [1.54, 1.807) is 7.05 Å². The van der Waals surface area contributed by atoms with E-state index in [2.05, 4.69) is 15.6 Å². The lowest BCUT2D eigenvalue weighted by atomic mass is 10.1. The highest BCUT2D eigenvalue weighted by Gasteiger charge is 2.11. The summed E-state index contributed by atoms with van der Waals surface area (Å²) in [5, 5.41) is 6.11. The lowest BCUT2D eigenvalue weighted by molar-refractivity contribution is 0.599. The van der Waals surface area contributed by atoms with Gasteiger partial charge in [-0.2, -0.15) is 0 Å². The third-order valence-corrected chi connectivity index (χ3v) is 6.20. The van der Waals surface area contributed by atoms with Crippen LogP contribution < -0.4 is 10.6 Å². The Kier molecular flexibility index (Phi) is 11.5. The van der Waals surface area contributed by atoms with Crippen molar-refractivity contribution >= 4 is 50.6 Å².